The number of unbranched alkanes of at least 4 members (excludes halogenated alkanes) is 5. The summed E-state index contributed by atoms with van der Waals surface area (Å²) in [6.07, 6.45) is 6.35. The molecule has 4 atom stereocenters. The van der Waals surface area contributed by atoms with Gasteiger partial charge in [-0.25, -0.2) is 4.57 Å². The van der Waals surface area contributed by atoms with Gasteiger partial charge in [0.2, 0.25) is 0 Å². The van der Waals surface area contributed by atoms with Crippen LogP contribution in [0.15, 0.2) is 24.5 Å². The second-order valence-corrected chi connectivity index (χ2v) is 7.55. The molecule has 1 unspecified atom stereocenters. The van der Waals surface area contributed by atoms with Gasteiger partial charge in [-0.3, -0.25) is 9.59 Å². The maximum absolute atomic E-state index is 11.9. The minimum atomic E-state index is -1.15. The van der Waals surface area contributed by atoms with E-state index in [0.717, 1.165) is 19.3 Å². The number of aliphatic hydroxyl groups is 2. The number of aliphatic hydroxyl groups excluding tert-OH is 2. The average molecular weight is 410 g/mol. The first-order chi connectivity index (χ1) is 13.9. The molecule has 1 aliphatic heterocycles. The van der Waals surface area contributed by atoms with Gasteiger partial charge in [0.25, 0.3) is 5.91 Å². The third-order valence-electron chi connectivity index (χ3n) is 5.14. The van der Waals surface area contributed by atoms with E-state index < -0.39 is 30.3 Å². The predicted molar refractivity (Wildman–Crippen MR) is 105 cm³/mol. The minimum absolute atomic E-state index is 0.102. The summed E-state index contributed by atoms with van der Waals surface area (Å²) in [5, 5.41) is 20.5. The molecule has 0 aliphatic carbocycles. The summed E-state index contributed by atoms with van der Waals surface area (Å²) in [7, 11) is 0. The van der Waals surface area contributed by atoms with Gasteiger partial charge in [0.15, 0.2) is 18.9 Å². The Morgan fingerprint density at radius 1 is 1.14 bits per heavy atom. The molecule has 8 heteroatoms. The molecule has 2 rings (SSSR count). The zero-order chi connectivity index (χ0) is 21.2. The first-order valence-electron chi connectivity index (χ1n) is 10.4. The number of pyridine rings is 1. The Balaban J connectivity index is 1.75. The van der Waals surface area contributed by atoms with Crippen molar-refractivity contribution in [1.29, 1.82) is 0 Å². The van der Waals surface area contributed by atoms with Gasteiger partial charge >= 0.3 is 5.97 Å². The van der Waals surface area contributed by atoms with Gasteiger partial charge in [-0.05, 0) is 12.5 Å². The topological polar surface area (TPSA) is 123 Å². The lowest BCUT2D eigenvalue weighted by Crippen LogP contribution is -2.45. The van der Waals surface area contributed by atoms with Gasteiger partial charge < -0.3 is 25.4 Å². The molecule has 0 saturated carbocycles. The largest absolute Gasteiger partial charge is 0.463 e. The van der Waals surface area contributed by atoms with E-state index >= 15 is 0 Å². The van der Waals surface area contributed by atoms with E-state index in [2.05, 4.69) is 6.92 Å². The molecule has 0 aromatic carbocycles. The van der Waals surface area contributed by atoms with Gasteiger partial charge in [-0.2, -0.15) is 0 Å². The highest BCUT2D eigenvalue weighted by Crippen LogP contribution is 2.22. The Morgan fingerprint density at radius 2 is 1.83 bits per heavy atom. The Bertz CT molecular complexity index is 668. The SMILES string of the molecule is CCCCCCCCC(=O)OC[C@H]1OC(C[n+]2cccc(C(N)=O)c2)[C@H](O)[C@@H]1O. The summed E-state index contributed by atoms with van der Waals surface area (Å²) >= 11 is 0. The fourth-order valence-corrected chi connectivity index (χ4v) is 3.40. The van der Waals surface area contributed by atoms with E-state index in [4.69, 9.17) is 15.2 Å². The Kier molecular flexibility index (Phi) is 9.50. The van der Waals surface area contributed by atoms with Crippen LogP contribution in [0.2, 0.25) is 0 Å². The van der Waals surface area contributed by atoms with Crippen molar-refractivity contribution in [3.63, 3.8) is 0 Å². The number of ether oxygens (including phenoxy) is 2. The standard InChI is InChI=1S/C21H32N2O6/c1-2-3-4-5-6-7-10-18(24)28-14-17-20(26)19(25)16(29-17)13-23-11-8-9-15(12-23)21(22)27/h8-9,11-12,16-17,19-20,25-26H,2-7,10,13-14H2,1H3,(H-,22,27)/p+1/t16?,17-,19+,20-/m1/s1. The summed E-state index contributed by atoms with van der Waals surface area (Å²) in [5.41, 5.74) is 5.61. The fourth-order valence-electron chi connectivity index (χ4n) is 3.40. The number of aromatic nitrogens is 1. The summed E-state index contributed by atoms with van der Waals surface area (Å²) in [4.78, 5) is 23.2. The van der Waals surface area contributed by atoms with Gasteiger partial charge in [-0.15, -0.1) is 0 Å². The molecule has 1 aromatic heterocycles. The molecule has 162 valence electrons. The maximum Gasteiger partial charge on any atom is 0.305 e. The normalized spacial score (nSPS) is 23.8. The Morgan fingerprint density at radius 3 is 2.55 bits per heavy atom. The molecule has 1 saturated heterocycles. The number of primary amides is 1. The van der Waals surface area contributed by atoms with Crippen LogP contribution in [-0.4, -0.2) is 53.1 Å². The van der Waals surface area contributed by atoms with Crippen LogP contribution in [0, 0.1) is 0 Å². The number of rotatable bonds is 12. The lowest BCUT2D eigenvalue weighted by Gasteiger charge is -2.14. The molecule has 1 aromatic rings. The number of hydrogen-bond acceptors (Lipinski definition) is 6. The zero-order valence-corrected chi connectivity index (χ0v) is 17.0. The molecule has 0 radical (unpaired) electrons. The van der Waals surface area contributed by atoms with Crippen LogP contribution in [0.5, 0.6) is 0 Å². The first kappa shape index (κ1) is 23.3. The predicted octanol–water partition coefficient (Wildman–Crippen LogP) is 0.856. The highest BCUT2D eigenvalue weighted by Gasteiger charge is 2.45. The van der Waals surface area contributed by atoms with E-state index in [-0.39, 0.29) is 19.1 Å². The van der Waals surface area contributed by atoms with Crippen LogP contribution in [0.25, 0.3) is 0 Å². The van der Waals surface area contributed by atoms with Crippen LogP contribution in [0.1, 0.15) is 62.2 Å². The maximum atomic E-state index is 11.9. The highest BCUT2D eigenvalue weighted by molar-refractivity contribution is 5.92. The molecule has 0 bridgehead atoms. The lowest BCUT2D eigenvalue weighted by atomic mass is 10.1. The summed E-state index contributed by atoms with van der Waals surface area (Å²) < 4.78 is 12.6. The molecule has 29 heavy (non-hydrogen) atoms. The van der Waals surface area contributed by atoms with E-state index in [1.165, 1.54) is 19.3 Å². The van der Waals surface area contributed by atoms with E-state index in [9.17, 15) is 19.8 Å². The van der Waals surface area contributed by atoms with Crippen molar-refractivity contribution in [2.24, 2.45) is 5.73 Å². The number of nitrogens with two attached hydrogens (primary N) is 1. The van der Waals surface area contributed by atoms with Crippen molar-refractivity contribution in [2.75, 3.05) is 6.61 Å². The quantitative estimate of drug-likeness (QED) is 0.267. The fraction of sp³-hybridized carbons (Fsp3) is 0.667. The smallest absolute Gasteiger partial charge is 0.305 e. The number of hydrogen-bond donors (Lipinski definition) is 3. The number of amides is 1. The van der Waals surface area contributed by atoms with Crippen LogP contribution in [-0.2, 0) is 20.8 Å². The van der Waals surface area contributed by atoms with Gasteiger partial charge in [0.1, 0.15) is 36.6 Å². The summed E-state index contributed by atoms with van der Waals surface area (Å²) in [6, 6.07) is 3.26. The molecule has 1 amide bonds. The molecular formula is C21H33N2O6+. The van der Waals surface area contributed by atoms with Crippen molar-refractivity contribution in [3.05, 3.63) is 30.1 Å². The molecule has 2 heterocycles. The number of esters is 1. The average Bonchev–Trinajstić information content (AvgIpc) is 2.97. The Hall–Kier alpha value is -2.03. The molecule has 0 spiro atoms. The summed E-state index contributed by atoms with van der Waals surface area (Å²) in [5.74, 6) is -0.875. The monoisotopic (exact) mass is 409 g/mol. The highest BCUT2D eigenvalue weighted by atomic mass is 16.6. The van der Waals surface area contributed by atoms with Crippen molar-refractivity contribution < 1.29 is 33.8 Å². The number of carbonyl (C=O) groups excluding carboxylic acids is 2. The van der Waals surface area contributed by atoms with E-state index in [1.807, 2.05) is 0 Å². The second-order valence-electron chi connectivity index (χ2n) is 7.55. The molecular weight excluding hydrogens is 376 g/mol. The van der Waals surface area contributed by atoms with Crippen molar-refractivity contribution in [1.82, 2.24) is 0 Å². The van der Waals surface area contributed by atoms with E-state index in [1.54, 1.807) is 29.1 Å². The second kappa shape index (κ2) is 11.8. The van der Waals surface area contributed by atoms with E-state index in [0.29, 0.717) is 12.0 Å². The van der Waals surface area contributed by atoms with Crippen LogP contribution >= 0.6 is 0 Å². The third-order valence-corrected chi connectivity index (χ3v) is 5.14. The van der Waals surface area contributed by atoms with Crippen molar-refractivity contribution >= 4 is 11.9 Å². The zero-order valence-electron chi connectivity index (χ0n) is 17.0. The third kappa shape index (κ3) is 7.38. The lowest BCUT2D eigenvalue weighted by molar-refractivity contribution is -0.704. The molecule has 1 aliphatic rings. The van der Waals surface area contributed by atoms with Gasteiger partial charge in [-0.1, -0.05) is 39.0 Å². The summed E-state index contributed by atoms with van der Waals surface area (Å²) in [6.45, 7) is 2.28. The van der Waals surface area contributed by atoms with Crippen molar-refractivity contribution in [2.45, 2.75) is 82.8 Å². The molecule has 8 nitrogen and oxygen atoms in total. The number of carbonyl (C=O) groups is 2. The van der Waals surface area contributed by atoms with Crippen LogP contribution in [0.4, 0.5) is 0 Å². The minimum Gasteiger partial charge on any atom is -0.463 e. The van der Waals surface area contributed by atoms with Crippen molar-refractivity contribution in [3.8, 4) is 0 Å². The first-order valence-corrected chi connectivity index (χ1v) is 10.4. The molecule has 4 N–H and O–H groups in total. The van der Waals surface area contributed by atoms with Gasteiger partial charge in [0, 0.05) is 12.5 Å². The Labute approximate surface area is 171 Å². The van der Waals surface area contributed by atoms with Crippen LogP contribution in [0.3, 0.4) is 0 Å². The van der Waals surface area contributed by atoms with Gasteiger partial charge in [0.05, 0.1) is 0 Å². The molecule has 1 fully saturated rings. The number of nitrogens with zero attached hydrogens (tertiary/aromatic N) is 1. The van der Waals surface area contributed by atoms with Crippen LogP contribution < -0.4 is 10.3 Å².